The van der Waals surface area contributed by atoms with Crippen LogP contribution >= 0.6 is 0 Å². The van der Waals surface area contributed by atoms with E-state index in [0.29, 0.717) is 5.52 Å². The van der Waals surface area contributed by atoms with Crippen LogP contribution in [0.5, 0.6) is 5.75 Å². The lowest BCUT2D eigenvalue weighted by Gasteiger charge is -2.05. The number of aromatic nitrogens is 2. The highest BCUT2D eigenvalue weighted by atomic mass is 16.3. The fourth-order valence-corrected chi connectivity index (χ4v) is 1.35. The Hall–Kier alpha value is -2.55. The minimum atomic E-state index is -0.461. The highest BCUT2D eigenvalue weighted by molar-refractivity contribution is 5.96. The van der Waals surface area contributed by atoms with Gasteiger partial charge in [0.15, 0.2) is 0 Å². The summed E-state index contributed by atoms with van der Waals surface area (Å²) in [5, 5.41) is 27.6. The maximum absolute atomic E-state index is 11.2. The van der Waals surface area contributed by atoms with E-state index < -0.39 is 5.91 Å². The molecule has 1 aromatic heterocycles. The van der Waals surface area contributed by atoms with Crippen LogP contribution in [0.1, 0.15) is 6.42 Å². The van der Waals surface area contributed by atoms with Crippen molar-refractivity contribution in [2.75, 3.05) is 5.32 Å². The van der Waals surface area contributed by atoms with E-state index in [-0.39, 0.29) is 17.9 Å². The number of nitrogens with zero attached hydrogens (tertiary/aromatic N) is 2. The number of aromatic amines is 1. The minimum absolute atomic E-state index is 0.0554. The number of hydrogen-bond donors (Lipinski definition) is 3. The van der Waals surface area contributed by atoms with Crippen LogP contribution < -0.4 is 5.32 Å². The predicted molar refractivity (Wildman–Crippen MR) is 56.6 cm³/mol. The molecule has 1 amide bonds. The number of rotatable bonds is 2. The molecule has 0 saturated heterocycles. The molecular weight excluding hydrogens is 208 g/mol. The number of anilines is 1. The number of H-pyrrole nitrogens is 1. The zero-order chi connectivity index (χ0) is 11.5. The first kappa shape index (κ1) is 9.98. The van der Waals surface area contributed by atoms with Crippen molar-refractivity contribution in [3.8, 4) is 11.8 Å². The van der Waals surface area contributed by atoms with Gasteiger partial charge in [0, 0.05) is 5.39 Å². The lowest BCUT2D eigenvalue weighted by molar-refractivity contribution is -0.115. The third kappa shape index (κ3) is 1.79. The average molecular weight is 216 g/mol. The van der Waals surface area contributed by atoms with Crippen LogP contribution in [0.3, 0.4) is 0 Å². The Balaban J connectivity index is 2.33. The number of amides is 1. The SMILES string of the molecule is N#CCC(=O)Nc1cc2[nH]ncc2cc1O. The van der Waals surface area contributed by atoms with Gasteiger partial charge in [-0.1, -0.05) is 0 Å². The smallest absolute Gasteiger partial charge is 0.238 e. The molecule has 0 radical (unpaired) electrons. The second-order valence-corrected chi connectivity index (χ2v) is 3.21. The molecule has 1 aromatic carbocycles. The quantitative estimate of drug-likeness (QED) is 0.654. The van der Waals surface area contributed by atoms with Gasteiger partial charge in [-0.2, -0.15) is 10.4 Å². The summed E-state index contributed by atoms with van der Waals surface area (Å²) in [5.74, 6) is -0.517. The zero-order valence-electron chi connectivity index (χ0n) is 8.19. The first-order valence-electron chi connectivity index (χ1n) is 4.53. The number of carbonyl (C=O) groups excluding carboxylic acids is 1. The van der Waals surface area contributed by atoms with Crippen molar-refractivity contribution in [3.63, 3.8) is 0 Å². The summed E-state index contributed by atoms with van der Waals surface area (Å²) in [5.41, 5.74) is 0.960. The van der Waals surface area contributed by atoms with E-state index in [1.807, 2.05) is 0 Å². The molecule has 1 heterocycles. The van der Waals surface area contributed by atoms with Gasteiger partial charge in [-0.25, -0.2) is 0 Å². The fourth-order valence-electron chi connectivity index (χ4n) is 1.35. The van der Waals surface area contributed by atoms with Gasteiger partial charge in [0.25, 0.3) is 0 Å². The van der Waals surface area contributed by atoms with Crippen LogP contribution in [0.4, 0.5) is 5.69 Å². The summed E-state index contributed by atoms with van der Waals surface area (Å²) in [6, 6.07) is 4.77. The van der Waals surface area contributed by atoms with E-state index in [4.69, 9.17) is 5.26 Å². The molecule has 0 spiro atoms. The Labute approximate surface area is 90.5 Å². The van der Waals surface area contributed by atoms with Gasteiger partial charge in [-0.15, -0.1) is 0 Å². The Morgan fingerprint density at radius 3 is 3.19 bits per heavy atom. The number of aromatic hydroxyl groups is 1. The lowest BCUT2D eigenvalue weighted by Crippen LogP contribution is -2.10. The summed E-state index contributed by atoms with van der Waals surface area (Å²) < 4.78 is 0. The topological polar surface area (TPSA) is 102 Å². The lowest BCUT2D eigenvalue weighted by atomic mass is 10.2. The molecule has 2 aromatic rings. The van der Waals surface area contributed by atoms with Crippen LogP contribution in [-0.2, 0) is 4.79 Å². The van der Waals surface area contributed by atoms with Crippen LogP contribution in [0.2, 0.25) is 0 Å². The molecule has 3 N–H and O–H groups in total. The normalized spacial score (nSPS) is 9.94. The summed E-state index contributed by atoms with van der Waals surface area (Å²) in [6.45, 7) is 0. The molecule has 2 rings (SSSR count). The van der Waals surface area contributed by atoms with Crippen LogP contribution in [0.25, 0.3) is 10.9 Å². The Morgan fingerprint density at radius 1 is 1.62 bits per heavy atom. The summed E-state index contributed by atoms with van der Waals surface area (Å²) in [4.78, 5) is 11.2. The second kappa shape index (κ2) is 3.90. The van der Waals surface area contributed by atoms with Crippen LogP contribution in [0, 0.1) is 11.3 Å². The molecule has 80 valence electrons. The number of phenolic OH excluding ortho intramolecular Hbond substituents is 1. The van der Waals surface area contributed by atoms with Crippen molar-refractivity contribution in [1.82, 2.24) is 10.2 Å². The van der Waals surface area contributed by atoms with Gasteiger partial charge in [0.2, 0.25) is 5.91 Å². The summed E-state index contributed by atoms with van der Waals surface area (Å²) >= 11 is 0. The third-order valence-corrected chi connectivity index (χ3v) is 2.07. The Morgan fingerprint density at radius 2 is 2.44 bits per heavy atom. The largest absolute Gasteiger partial charge is 0.506 e. The van der Waals surface area contributed by atoms with E-state index >= 15 is 0 Å². The van der Waals surface area contributed by atoms with Crippen LogP contribution in [-0.4, -0.2) is 21.2 Å². The number of benzene rings is 1. The van der Waals surface area contributed by atoms with Gasteiger partial charge in [-0.05, 0) is 12.1 Å². The number of fused-ring (bicyclic) bond motifs is 1. The number of carbonyl (C=O) groups is 1. The number of nitriles is 1. The highest BCUT2D eigenvalue weighted by Crippen LogP contribution is 2.28. The van der Waals surface area contributed by atoms with E-state index in [1.165, 1.54) is 6.07 Å². The average Bonchev–Trinajstić information content (AvgIpc) is 2.65. The van der Waals surface area contributed by atoms with Crippen LogP contribution in [0.15, 0.2) is 18.3 Å². The molecule has 0 bridgehead atoms. The summed E-state index contributed by atoms with van der Waals surface area (Å²) in [6.07, 6.45) is 1.32. The van der Waals surface area contributed by atoms with Crippen molar-refractivity contribution in [2.45, 2.75) is 6.42 Å². The fraction of sp³-hybridized carbons (Fsp3) is 0.100. The Bertz CT molecular complexity index is 582. The van der Waals surface area contributed by atoms with E-state index in [0.717, 1.165) is 5.39 Å². The van der Waals surface area contributed by atoms with Crippen molar-refractivity contribution in [1.29, 1.82) is 5.26 Å². The standard InChI is InChI=1S/C10H8N4O2/c11-2-1-10(16)13-8-4-7-6(3-9(8)15)5-12-14-7/h3-5,15H,1H2,(H,12,14)(H,13,16). The molecular formula is C10H8N4O2. The van der Waals surface area contributed by atoms with Gasteiger partial charge >= 0.3 is 0 Å². The molecule has 6 heteroatoms. The first-order valence-corrected chi connectivity index (χ1v) is 4.53. The molecule has 6 nitrogen and oxygen atoms in total. The van der Waals surface area contributed by atoms with Gasteiger partial charge in [0.1, 0.15) is 12.2 Å². The van der Waals surface area contributed by atoms with Crippen molar-refractivity contribution >= 4 is 22.5 Å². The molecule has 0 atom stereocenters. The molecule has 0 fully saturated rings. The maximum atomic E-state index is 11.2. The molecule has 0 aliphatic rings. The zero-order valence-corrected chi connectivity index (χ0v) is 8.19. The maximum Gasteiger partial charge on any atom is 0.238 e. The molecule has 0 aliphatic heterocycles. The van der Waals surface area contributed by atoms with E-state index in [1.54, 1.807) is 18.3 Å². The third-order valence-electron chi connectivity index (χ3n) is 2.07. The van der Waals surface area contributed by atoms with E-state index in [9.17, 15) is 9.90 Å². The predicted octanol–water partition coefficient (Wildman–Crippen LogP) is 1.12. The molecule has 0 unspecified atom stereocenters. The van der Waals surface area contributed by atoms with Crippen molar-refractivity contribution in [3.05, 3.63) is 18.3 Å². The van der Waals surface area contributed by atoms with Crippen molar-refractivity contribution < 1.29 is 9.90 Å². The summed E-state index contributed by atoms with van der Waals surface area (Å²) in [7, 11) is 0. The Kier molecular flexibility index (Phi) is 2.44. The van der Waals surface area contributed by atoms with Gasteiger partial charge in [-0.3, -0.25) is 9.89 Å². The molecule has 16 heavy (non-hydrogen) atoms. The van der Waals surface area contributed by atoms with Crippen molar-refractivity contribution in [2.24, 2.45) is 0 Å². The molecule has 0 aliphatic carbocycles. The minimum Gasteiger partial charge on any atom is -0.506 e. The van der Waals surface area contributed by atoms with Gasteiger partial charge in [0.05, 0.1) is 23.5 Å². The highest BCUT2D eigenvalue weighted by Gasteiger charge is 2.08. The monoisotopic (exact) mass is 216 g/mol. The van der Waals surface area contributed by atoms with E-state index in [2.05, 4.69) is 15.5 Å². The second-order valence-electron chi connectivity index (χ2n) is 3.21. The number of hydrogen-bond acceptors (Lipinski definition) is 4. The molecule has 0 saturated carbocycles. The number of nitrogens with one attached hydrogen (secondary N) is 2. The first-order chi connectivity index (χ1) is 7.70. The van der Waals surface area contributed by atoms with Gasteiger partial charge < -0.3 is 10.4 Å². The number of phenols is 1.